The summed E-state index contributed by atoms with van der Waals surface area (Å²) in [6.45, 7) is 6.99. The molecule has 2 rings (SSSR count). The molecule has 0 spiro atoms. The van der Waals surface area contributed by atoms with Gasteiger partial charge in [-0.05, 0) is 37.1 Å². The minimum atomic E-state index is -0.0550. The number of ether oxygens (including phenoxy) is 2. The fourth-order valence-electron chi connectivity index (χ4n) is 3.80. The number of nitrogens with two attached hydrogens (primary N) is 1. The van der Waals surface area contributed by atoms with E-state index in [0.29, 0.717) is 17.3 Å². The van der Waals surface area contributed by atoms with Gasteiger partial charge in [0.25, 0.3) is 0 Å². The molecule has 3 atom stereocenters. The fourth-order valence-corrected chi connectivity index (χ4v) is 3.80. The SMILES string of the molecule is COCC1(C2C(CN)C2(C)C)CCCCO1. The van der Waals surface area contributed by atoms with E-state index in [1.165, 1.54) is 12.8 Å². The lowest BCUT2D eigenvalue weighted by molar-refractivity contribution is -0.136. The molecule has 2 aliphatic rings. The van der Waals surface area contributed by atoms with E-state index in [-0.39, 0.29) is 5.60 Å². The van der Waals surface area contributed by atoms with E-state index >= 15 is 0 Å². The molecule has 16 heavy (non-hydrogen) atoms. The van der Waals surface area contributed by atoms with E-state index in [2.05, 4.69) is 13.8 Å². The third-order valence-electron chi connectivity index (χ3n) is 4.64. The van der Waals surface area contributed by atoms with Gasteiger partial charge in [-0.1, -0.05) is 13.8 Å². The van der Waals surface area contributed by atoms with Gasteiger partial charge in [-0.15, -0.1) is 0 Å². The van der Waals surface area contributed by atoms with Gasteiger partial charge in [0.2, 0.25) is 0 Å². The Kier molecular flexibility index (Phi) is 3.30. The first-order valence-electron chi connectivity index (χ1n) is 6.41. The van der Waals surface area contributed by atoms with E-state index < -0.39 is 0 Å². The van der Waals surface area contributed by atoms with E-state index in [0.717, 1.165) is 26.2 Å². The summed E-state index contributed by atoms with van der Waals surface area (Å²) in [6, 6.07) is 0. The molecule has 0 aromatic rings. The van der Waals surface area contributed by atoms with Crippen molar-refractivity contribution in [3.05, 3.63) is 0 Å². The molecule has 94 valence electrons. The minimum Gasteiger partial charge on any atom is -0.382 e. The Morgan fingerprint density at radius 2 is 2.12 bits per heavy atom. The monoisotopic (exact) mass is 227 g/mol. The first kappa shape index (κ1) is 12.3. The van der Waals surface area contributed by atoms with Gasteiger partial charge in [-0.25, -0.2) is 0 Å². The molecule has 0 aromatic carbocycles. The Bertz CT molecular complexity index is 241. The quantitative estimate of drug-likeness (QED) is 0.796. The van der Waals surface area contributed by atoms with Crippen LogP contribution in [0, 0.1) is 17.3 Å². The maximum Gasteiger partial charge on any atom is 0.0951 e. The average Bonchev–Trinajstić information content (AvgIpc) is 2.83. The predicted molar refractivity (Wildman–Crippen MR) is 64.2 cm³/mol. The Hall–Kier alpha value is -0.120. The molecule has 2 fully saturated rings. The molecular formula is C13H25NO2. The number of methoxy groups -OCH3 is 1. The first-order chi connectivity index (χ1) is 7.58. The topological polar surface area (TPSA) is 44.5 Å². The molecule has 2 N–H and O–H groups in total. The van der Waals surface area contributed by atoms with Crippen LogP contribution in [0.5, 0.6) is 0 Å². The van der Waals surface area contributed by atoms with Gasteiger partial charge < -0.3 is 15.2 Å². The van der Waals surface area contributed by atoms with Crippen molar-refractivity contribution in [2.75, 3.05) is 26.9 Å². The molecule has 0 aromatic heterocycles. The van der Waals surface area contributed by atoms with Crippen molar-refractivity contribution in [1.29, 1.82) is 0 Å². The fraction of sp³-hybridized carbons (Fsp3) is 1.00. The molecule has 3 heteroatoms. The number of hydrogen-bond acceptors (Lipinski definition) is 3. The zero-order valence-electron chi connectivity index (χ0n) is 10.8. The van der Waals surface area contributed by atoms with Gasteiger partial charge in [0.1, 0.15) is 0 Å². The minimum absolute atomic E-state index is 0.0550. The largest absolute Gasteiger partial charge is 0.382 e. The summed E-state index contributed by atoms with van der Waals surface area (Å²) < 4.78 is 11.5. The molecule has 3 unspecified atom stereocenters. The van der Waals surface area contributed by atoms with Gasteiger partial charge in [0.15, 0.2) is 0 Å². The maximum absolute atomic E-state index is 6.12. The predicted octanol–water partition coefficient (Wildman–Crippen LogP) is 1.80. The molecule has 1 aliphatic carbocycles. The highest BCUT2D eigenvalue weighted by Crippen LogP contribution is 2.64. The second-order valence-electron chi connectivity index (χ2n) is 5.94. The number of hydrogen-bond donors (Lipinski definition) is 1. The normalized spacial score (nSPS) is 42.0. The lowest BCUT2D eigenvalue weighted by Gasteiger charge is -2.38. The van der Waals surface area contributed by atoms with Crippen molar-refractivity contribution in [3.8, 4) is 0 Å². The van der Waals surface area contributed by atoms with Crippen molar-refractivity contribution < 1.29 is 9.47 Å². The Labute approximate surface area is 98.7 Å². The van der Waals surface area contributed by atoms with Gasteiger partial charge in [-0.2, -0.15) is 0 Å². The van der Waals surface area contributed by atoms with Gasteiger partial charge >= 0.3 is 0 Å². The van der Waals surface area contributed by atoms with Crippen LogP contribution >= 0.6 is 0 Å². The number of rotatable bonds is 4. The molecule has 3 nitrogen and oxygen atoms in total. The van der Waals surface area contributed by atoms with Crippen LogP contribution in [-0.4, -0.2) is 32.5 Å². The molecule has 1 heterocycles. The van der Waals surface area contributed by atoms with E-state index in [1.54, 1.807) is 7.11 Å². The van der Waals surface area contributed by atoms with E-state index in [4.69, 9.17) is 15.2 Å². The van der Waals surface area contributed by atoms with Crippen molar-refractivity contribution >= 4 is 0 Å². The van der Waals surface area contributed by atoms with Crippen molar-refractivity contribution in [2.24, 2.45) is 23.0 Å². The highest BCUT2D eigenvalue weighted by Gasteiger charge is 2.66. The van der Waals surface area contributed by atoms with Crippen LogP contribution in [0.25, 0.3) is 0 Å². The Morgan fingerprint density at radius 3 is 2.56 bits per heavy atom. The lowest BCUT2D eigenvalue weighted by atomic mass is 9.85. The van der Waals surface area contributed by atoms with Crippen molar-refractivity contribution in [3.63, 3.8) is 0 Å². The zero-order chi connectivity index (χ0) is 11.8. The smallest absolute Gasteiger partial charge is 0.0951 e. The van der Waals surface area contributed by atoms with E-state index in [9.17, 15) is 0 Å². The van der Waals surface area contributed by atoms with Crippen molar-refractivity contribution in [2.45, 2.75) is 38.7 Å². The summed E-state index contributed by atoms with van der Waals surface area (Å²) in [4.78, 5) is 0. The first-order valence-corrected chi connectivity index (χ1v) is 6.41. The van der Waals surface area contributed by atoms with Crippen LogP contribution in [0.1, 0.15) is 33.1 Å². The Balaban J connectivity index is 2.14. The van der Waals surface area contributed by atoms with Crippen LogP contribution in [-0.2, 0) is 9.47 Å². The van der Waals surface area contributed by atoms with Crippen LogP contribution in [0.2, 0.25) is 0 Å². The second-order valence-corrected chi connectivity index (χ2v) is 5.94. The van der Waals surface area contributed by atoms with Crippen LogP contribution in [0.15, 0.2) is 0 Å². The molecule has 0 radical (unpaired) electrons. The van der Waals surface area contributed by atoms with Gasteiger partial charge in [0, 0.05) is 19.6 Å². The summed E-state index contributed by atoms with van der Waals surface area (Å²) in [5.41, 5.74) is 6.13. The van der Waals surface area contributed by atoms with Crippen LogP contribution < -0.4 is 5.73 Å². The molecular weight excluding hydrogens is 202 g/mol. The molecule has 0 bridgehead atoms. The van der Waals surface area contributed by atoms with Gasteiger partial charge in [0.05, 0.1) is 12.2 Å². The summed E-state index contributed by atoms with van der Waals surface area (Å²) >= 11 is 0. The molecule has 0 amide bonds. The summed E-state index contributed by atoms with van der Waals surface area (Å²) in [6.07, 6.45) is 3.57. The molecule has 1 aliphatic heterocycles. The highest BCUT2D eigenvalue weighted by atomic mass is 16.5. The Morgan fingerprint density at radius 1 is 1.38 bits per heavy atom. The third kappa shape index (κ3) is 1.79. The summed E-state index contributed by atoms with van der Waals surface area (Å²) in [5.74, 6) is 1.17. The van der Waals surface area contributed by atoms with E-state index in [1.807, 2.05) is 0 Å². The molecule has 1 saturated heterocycles. The average molecular weight is 227 g/mol. The molecule has 1 saturated carbocycles. The second kappa shape index (κ2) is 4.28. The van der Waals surface area contributed by atoms with Crippen LogP contribution in [0.3, 0.4) is 0 Å². The standard InChI is InChI=1S/C13H25NO2/c1-12(2)10(8-14)11(12)13(9-15-3)6-4-5-7-16-13/h10-11H,4-9,14H2,1-3H3. The summed E-state index contributed by atoms with van der Waals surface area (Å²) in [5, 5.41) is 0. The lowest BCUT2D eigenvalue weighted by Crippen LogP contribution is -2.44. The van der Waals surface area contributed by atoms with Gasteiger partial charge in [-0.3, -0.25) is 0 Å². The third-order valence-corrected chi connectivity index (χ3v) is 4.64. The van der Waals surface area contributed by atoms with Crippen LogP contribution in [0.4, 0.5) is 0 Å². The van der Waals surface area contributed by atoms with Crippen molar-refractivity contribution in [1.82, 2.24) is 0 Å². The highest BCUT2D eigenvalue weighted by molar-refractivity contribution is 5.15. The maximum atomic E-state index is 6.12. The zero-order valence-corrected chi connectivity index (χ0v) is 10.8. The summed E-state index contributed by atoms with van der Waals surface area (Å²) in [7, 11) is 1.77.